The van der Waals surface area contributed by atoms with Gasteiger partial charge in [-0.1, -0.05) is 31.2 Å². The highest BCUT2D eigenvalue weighted by atomic mass is 16.5. The van der Waals surface area contributed by atoms with Crippen LogP contribution in [0.4, 0.5) is 0 Å². The smallest absolute Gasteiger partial charge is 0.106 e. The molecule has 1 heteroatoms. The average molecular weight is 162 g/mol. The van der Waals surface area contributed by atoms with Gasteiger partial charge in [0.15, 0.2) is 0 Å². The Balaban J connectivity index is 2.31. The third kappa shape index (κ3) is 1.20. The third-order valence-electron chi connectivity index (χ3n) is 2.47. The molecule has 12 heavy (non-hydrogen) atoms. The highest BCUT2D eigenvalue weighted by Gasteiger charge is 2.20. The molecule has 1 nitrogen and oxygen atoms in total. The van der Waals surface area contributed by atoms with Crippen LogP contribution in [0.2, 0.25) is 0 Å². The maximum absolute atomic E-state index is 5.62. The van der Waals surface area contributed by atoms with Gasteiger partial charge in [0, 0.05) is 12.3 Å². The molecule has 0 radical (unpaired) electrons. The molecule has 0 aromatic carbocycles. The lowest BCUT2D eigenvalue weighted by Gasteiger charge is -2.11. The van der Waals surface area contributed by atoms with Gasteiger partial charge >= 0.3 is 0 Å². The van der Waals surface area contributed by atoms with Crippen LogP contribution < -0.4 is 0 Å². The lowest BCUT2D eigenvalue weighted by molar-refractivity contribution is 0.217. The Hall–Kier alpha value is -0.980. The van der Waals surface area contributed by atoms with Crippen molar-refractivity contribution in [2.75, 3.05) is 6.61 Å². The fraction of sp³-hybridized carbons (Fsp3) is 0.455. The minimum atomic E-state index is 0.512. The zero-order valence-electron chi connectivity index (χ0n) is 7.42. The summed E-state index contributed by atoms with van der Waals surface area (Å²) in [5, 5.41) is 0. The Labute approximate surface area is 73.4 Å². The molecule has 1 aliphatic carbocycles. The zero-order valence-corrected chi connectivity index (χ0v) is 7.42. The van der Waals surface area contributed by atoms with Crippen LogP contribution in [-0.4, -0.2) is 6.61 Å². The van der Waals surface area contributed by atoms with Gasteiger partial charge in [-0.2, -0.15) is 0 Å². The van der Waals surface area contributed by atoms with Crippen molar-refractivity contribution in [1.29, 1.82) is 0 Å². The van der Waals surface area contributed by atoms with Crippen molar-refractivity contribution in [1.82, 2.24) is 0 Å². The monoisotopic (exact) mass is 162 g/mol. The Kier molecular flexibility index (Phi) is 2.03. The largest absolute Gasteiger partial charge is 0.497 e. The summed E-state index contributed by atoms with van der Waals surface area (Å²) in [5.41, 5.74) is 1.40. The van der Waals surface area contributed by atoms with Crippen LogP contribution in [0.1, 0.15) is 19.8 Å². The molecule has 2 rings (SSSR count). The van der Waals surface area contributed by atoms with Gasteiger partial charge in [0.05, 0.1) is 6.61 Å². The molecule has 0 aromatic heterocycles. The van der Waals surface area contributed by atoms with Gasteiger partial charge in [-0.15, -0.1) is 0 Å². The fourth-order valence-electron chi connectivity index (χ4n) is 1.78. The van der Waals surface area contributed by atoms with Crippen LogP contribution in [0.25, 0.3) is 0 Å². The summed E-state index contributed by atoms with van der Waals surface area (Å²) in [6.07, 6.45) is 10.9. The molecule has 1 atom stereocenters. The number of allylic oxidation sites excluding steroid dienone is 4. The van der Waals surface area contributed by atoms with Crippen molar-refractivity contribution >= 4 is 0 Å². The van der Waals surface area contributed by atoms with E-state index in [-0.39, 0.29) is 0 Å². The first-order chi connectivity index (χ1) is 5.92. The summed E-state index contributed by atoms with van der Waals surface area (Å²) in [5.74, 6) is 1.72. The minimum Gasteiger partial charge on any atom is -0.497 e. The second-order valence-corrected chi connectivity index (χ2v) is 3.25. The summed E-state index contributed by atoms with van der Waals surface area (Å²) < 4.78 is 5.62. The molecule has 1 aliphatic heterocycles. The van der Waals surface area contributed by atoms with Gasteiger partial charge in [-0.25, -0.2) is 0 Å². The lowest BCUT2D eigenvalue weighted by atomic mass is 10.0. The van der Waals surface area contributed by atoms with Crippen molar-refractivity contribution in [2.45, 2.75) is 19.8 Å². The van der Waals surface area contributed by atoms with E-state index in [1.165, 1.54) is 11.3 Å². The quantitative estimate of drug-likeness (QED) is 0.576. The fourth-order valence-corrected chi connectivity index (χ4v) is 1.78. The highest BCUT2D eigenvalue weighted by molar-refractivity contribution is 5.33. The van der Waals surface area contributed by atoms with Crippen LogP contribution in [0.3, 0.4) is 0 Å². The maximum Gasteiger partial charge on any atom is 0.106 e. The predicted octanol–water partition coefficient (Wildman–Crippen LogP) is 2.81. The van der Waals surface area contributed by atoms with Gasteiger partial charge in [0.25, 0.3) is 0 Å². The number of ether oxygens (including phenoxy) is 1. The lowest BCUT2D eigenvalue weighted by Crippen LogP contribution is -2.00. The Morgan fingerprint density at radius 1 is 1.50 bits per heavy atom. The first-order valence-corrected chi connectivity index (χ1v) is 4.62. The number of hydrogen-bond donors (Lipinski definition) is 0. The van der Waals surface area contributed by atoms with E-state index in [1.807, 2.05) is 0 Å². The molecule has 1 heterocycles. The van der Waals surface area contributed by atoms with E-state index >= 15 is 0 Å². The zero-order chi connectivity index (χ0) is 8.39. The first-order valence-electron chi connectivity index (χ1n) is 4.62. The topological polar surface area (TPSA) is 9.23 Å². The predicted molar refractivity (Wildman–Crippen MR) is 49.7 cm³/mol. The van der Waals surface area contributed by atoms with Crippen LogP contribution in [0.15, 0.2) is 35.6 Å². The Morgan fingerprint density at radius 3 is 3.25 bits per heavy atom. The van der Waals surface area contributed by atoms with Crippen molar-refractivity contribution in [2.24, 2.45) is 5.92 Å². The standard InChI is InChI=1S/C11H14O/c1-2-9-5-3-4-6-10-7-8-12-11(9)10/h3-6,9H,2,7-8H2,1H3. The third-order valence-corrected chi connectivity index (χ3v) is 2.47. The molecule has 0 spiro atoms. The number of hydrogen-bond acceptors (Lipinski definition) is 1. The molecule has 1 unspecified atom stereocenters. The maximum atomic E-state index is 5.62. The van der Waals surface area contributed by atoms with Crippen LogP contribution in [0, 0.1) is 5.92 Å². The molecule has 2 aliphatic rings. The molecule has 0 aromatic rings. The summed E-state index contributed by atoms with van der Waals surface area (Å²) in [7, 11) is 0. The van der Waals surface area contributed by atoms with Crippen molar-refractivity contribution in [3.05, 3.63) is 35.6 Å². The van der Waals surface area contributed by atoms with Gasteiger partial charge in [0.2, 0.25) is 0 Å². The first kappa shape index (κ1) is 7.66. The molecular formula is C11H14O. The van der Waals surface area contributed by atoms with E-state index in [1.54, 1.807) is 0 Å². The van der Waals surface area contributed by atoms with Gasteiger partial charge in [0.1, 0.15) is 5.76 Å². The average Bonchev–Trinajstić information content (AvgIpc) is 2.46. The minimum absolute atomic E-state index is 0.512. The van der Waals surface area contributed by atoms with Gasteiger partial charge in [-0.05, 0) is 12.0 Å². The highest BCUT2D eigenvalue weighted by Crippen LogP contribution is 2.30. The molecule has 0 amide bonds. The van der Waals surface area contributed by atoms with Crippen LogP contribution >= 0.6 is 0 Å². The van der Waals surface area contributed by atoms with Crippen LogP contribution in [-0.2, 0) is 4.74 Å². The normalized spacial score (nSPS) is 26.9. The Morgan fingerprint density at radius 2 is 2.42 bits per heavy atom. The van der Waals surface area contributed by atoms with E-state index in [2.05, 4.69) is 31.2 Å². The number of rotatable bonds is 1. The second kappa shape index (κ2) is 3.18. The summed E-state index contributed by atoms with van der Waals surface area (Å²) in [4.78, 5) is 0. The molecular weight excluding hydrogens is 148 g/mol. The molecule has 0 bridgehead atoms. The second-order valence-electron chi connectivity index (χ2n) is 3.25. The van der Waals surface area contributed by atoms with E-state index in [9.17, 15) is 0 Å². The van der Waals surface area contributed by atoms with Gasteiger partial charge < -0.3 is 4.74 Å². The molecule has 0 fully saturated rings. The molecule has 64 valence electrons. The van der Waals surface area contributed by atoms with Crippen molar-refractivity contribution in [3.8, 4) is 0 Å². The Bertz CT molecular complexity index is 258. The van der Waals surface area contributed by atoms with E-state index in [0.717, 1.165) is 19.4 Å². The molecule has 0 saturated carbocycles. The summed E-state index contributed by atoms with van der Waals surface area (Å²) in [6.45, 7) is 3.08. The molecule has 0 saturated heterocycles. The summed E-state index contributed by atoms with van der Waals surface area (Å²) >= 11 is 0. The van der Waals surface area contributed by atoms with E-state index in [4.69, 9.17) is 4.74 Å². The van der Waals surface area contributed by atoms with Crippen LogP contribution in [0.5, 0.6) is 0 Å². The van der Waals surface area contributed by atoms with Gasteiger partial charge in [-0.3, -0.25) is 0 Å². The van der Waals surface area contributed by atoms with Crippen molar-refractivity contribution in [3.63, 3.8) is 0 Å². The molecule has 0 N–H and O–H groups in total. The SMILES string of the molecule is CCC1C=CC=CC2=C1OCC2. The van der Waals surface area contributed by atoms with E-state index in [0.29, 0.717) is 5.92 Å². The summed E-state index contributed by atoms with van der Waals surface area (Å²) in [6, 6.07) is 0. The van der Waals surface area contributed by atoms with Crippen molar-refractivity contribution < 1.29 is 4.74 Å². The van der Waals surface area contributed by atoms with E-state index < -0.39 is 0 Å².